The Morgan fingerprint density at radius 3 is 2.81 bits per heavy atom. The maximum Gasteiger partial charge on any atom is 0.0717 e. The van der Waals surface area contributed by atoms with Crippen LogP contribution in [0.15, 0.2) is 15.9 Å². The van der Waals surface area contributed by atoms with E-state index in [1.165, 1.54) is 16.4 Å². The SMILES string of the molecule is CC1SCCSC1C(O)Cc1ccc(Br)s1. The maximum atomic E-state index is 10.3. The van der Waals surface area contributed by atoms with E-state index < -0.39 is 0 Å². The lowest BCUT2D eigenvalue weighted by atomic mass is 10.1. The van der Waals surface area contributed by atoms with Crippen molar-refractivity contribution in [2.45, 2.75) is 29.9 Å². The van der Waals surface area contributed by atoms with E-state index in [9.17, 15) is 5.11 Å². The fourth-order valence-electron chi connectivity index (χ4n) is 1.86. The number of thiophene rings is 1. The molecule has 2 heterocycles. The van der Waals surface area contributed by atoms with Gasteiger partial charge < -0.3 is 5.11 Å². The van der Waals surface area contributed by atoms with Crippen LogP contribution in [0.3, 0.4) is 0 Å². The summed E-state index contributed by atoms with van der Waals surface area (Å²) in [6.45, 7) is 2.23. The van der Waals surface area contributed by atoms with Gasteiger partial charge in [-0.15, -0.1) is 11.3 Å². The molecular weight excluding hydrogens is 324 g/mol. The maximum absolute atomic E-state index is 10.3. The molecule has 1 aromatic heterocycles. The van der Waals surface area contributed by atoms with Crippen LogP contribution in [0.4, 0.5) is 0 Å². The Morgan fingerprint density at radius 1 is 1.44 bits per heavy atom. The van der Waals surface area contributed by atoms with Crippen molar-refractivity contribution in [3.63, 3.8) is 0 Å². The minimum atomic E-state index is -0.210. The Kier molecular flexibility index (Phi) is 5.09. The van der Waals surface area contributed by atoms with Gasteiger partial charge in [0.25, 0.3) is 0 Å². The van der Waals surface area contributed by atoms with Crippen LogP contribution in [-0.4, -0.2) is 33.2 Å². The summed E-state index contributed by atoms with van der Waals surface area (Å²) in [7, 11) is 0. The van der Waals surface area contributed by atoms with E-state index in [-0.39, 0.29) is 6.10 Å². The second-order valence-electron chi connectivity index (χ2n) is 3.89. The Morgan fingerprint density at radius 2 is 2.19 bits per heavy atom. The van der Waals surface area contributed by atoms with Crippen LogP contribution in [0, 0.1) is 0 Å². The van der Waals surface area contributed by atoms with Crippen molar-refractivity contribution in [2.75, 3.05) is 11.5 Å². The molecular formula is C11H15BrOS3. The monoisotopic (exact) mass is 338 g/mol. The first kappa shape index (κ1) is 13.3. The van der Waals surface area contributed by atoms with Crippen molar-refractivity contribution >= 4 is 50.8 Å². The molecule has 1 aliphatic rings. The normalized spacial score (nSPS) is 27.9. The first-order valence-electron chi connectivity index (χ1n) is 5.32. The highest BCUT2D eigenvalue weighted by atomic mass is 79.9. The number of aliphatic hydroxyl groups excluding tert-OH is 1. The highest BCUT2D eigenvalue weighted by molar-refractivity contribution is 9.11. The van der Waals surface area contributed by atoms with Crippen LogP contribution in [0.5, 0.6) is 0 Å². The summed E-state index contributed by atoms with van der Waals surface area (Å²) in [4.78, 5) is 1.27. The second kappa shape index (κ2) is 6.14. The Bertz CT molecular complexity index is 342. The van der Waals surface area contributed by atoms with Crippen LogP contribution in [0.25, 0.3) is 0 Å². The van der Waals surface area contributed by atoms with Crippen molar-refractivity contribution in [1.29, 1.82) is 0 Å². The Hall–Kier alpha value is 0.840. The molecule has 2 rings (SSSR count). The molecule has 0 spiro atoms. The first-order valence-corrected chi connectivity index (χ1v) is 9.03. The highest BCUT2D eigenvalue weighted by Gasteiger charge is 2.29. The van der Waals surface area contributed by atoms with Gasteiger partial charge >= 0.3 is 0 Å². The van der Waals surface area contributed by atoms with E-state index in [4.69, 9.17) is 0 Å². The average Bonchev–Trinajstić information content (AvgIpc) is 2.64. The summed E-state index contributed by atoms with van der Waals surface area (Å²) < 4.78 is 1.15. The zero-order valence-corrected chi connectivity index (χ0v) is 13.1. The van der Waals surface area contributed by atoms with Crippen molar-refractivity contribution in [3.8, 4) is 0 Å². The molecule has 1 aromatic rings. The standard InChI is InChI=1S/C11H15BrOS3/c1-7-11(15-5-4-14-7)9(13)6-8-2-3-10(12)16-8/h2-3,7,9,11,13H,4-6H2,1H3. The van der Waals surface area contributed by atoms with Crippen molar-refractivity contribution in [1.82, 2.24) is 0 Å². The summed E-state index contributed by atoms with van der Waals surface area (Å²) in [6.07, 6.45) is 0.581. The van der Waals surface area contributed by atoms with Gasteiger partial charge in [-0.3, -0.25) is 0 Å². The van der Waals surface area contributed by atoms with E-state index in [0.717, 1.165) is 10.2 Å². The predicted octanol–water partition coefficient (Wildman–Crippen LogP) is 3.65. The smallest absolute Gasteiger partial charge is 0.0717 e. The molecule has 3 atom stereocenters. The van der Waals surface area contributed by atoms with E-state index in [2.05, 4.69) is 35.0 Å². The van der Waals surface area contributed by atoms with Crippen molar-refractivity contribution in [3.05, 3.63) is 20.8 Å². The molecule has 0 radical (unpaired) electrons. The van der Waals surface area contributed by atoms with E-state index in [0.29, 0.717) is 10.5 Å². The van der Waals surface area contributed by atoms with Crippen LogP contribution in [0.2, 0.25) is 0 Å². The zero-order valence-electron chi connectivity index (χ0n) is 9.06. The number of rotatable bonds is 3. The third-order valence-electron chi connectivity index (χ3n) is 2.66. The number of aliphatic hydroxyl groups is 1. The molecule has 1 fully saturated rings. The lowest BCUT2D eigenvalue weighted by Crippen LogP contribution is -2.35. The van der Waals surface area contributed by atoms with E-state index >= 15 is 0 Å². The minimum Gasteiger partial charge on any atom is -0.392 e. The van der Waals surface area contributed by atoms with Crippen LogP contribution < -0.4 is 0 Å². The molecule has 16 heavy (non-hydrogen) atoms. The number of thioether (sulfide) groups is 2. The topological polar surface area (TPSA) is 20.2 Å². The van der Waals surface area contributed by atoms with Gasteiger partial charge in [-0.1, -0.05) is 6.92 Å². The fraction of sp³-hybridized carbons (Fsp3) is 0.636. The predicted molar refractivity (Wildman–Crippen MR) is 79.9 cm³/mol. The lowest BCUT2D eigenvalue weighted by Gasteiger charge is -2.31. The summed E-state index contributed by atoms with van der Waals surface area (Å²) in [6, 6.07) is 4.15. The molecule has 0 amide bonds. The van der Waals surface area contributed by atoms with Crippen LogP contribution in [0.1, 0.15) is 11.8 Å². The fourth-order valence-corrected chi connectivity index (χ4v) is 6.23. The Balaban J connectivity index is 1.93. The number of hydrogen-bond donors (Lipinski definition) is 1. The molecule has 90 valence electrons. The van der Waals surface area contributed by atoms with Crippen molar-refractivity contribution in [2.24, 2.45) is 0 Å². The van der Waals surface area contributed by atoms with Crippen LogP contribution >= 0.6 is 50.8 Å². The van der Waals surface area contributed by atoms with Gasteiger partial charge in [0.05, 0.1) is 9.89 Å². The second-order valence-corrected chi connectivity index (χ2v) is 9.21. The van der Waals surface area contributed by atoms with Gasteiger partial charge in [0, 0.05) is 33.3 Å². The lowest BCUT2D eigenvalue weighted by molar-refractivity contribution is 0.172. The summed E-state index contributed by atoms with van der Waals surface area (Å²) >= 11 is 9.09. The molecule has 1 N–H and O–H groups in total. The van der Waals surface area contributed by atoms with Crippen molar-refractivity contribution < 1.29 is 5.11 Å². The molecule has 0 bridgehead atoms. The number of hydrogen-bond acceptors (Lipinski definition) is 4. The molecule has 0 aromatic carbocycles. The van der Waals surface area contributed by atoms with Crippen LogP contribution in [-0.2, 0) is 6.42 Å². The third kappa shape index (κ3) is 3.42. The minimum absolute atomic E-state index is 0.210. The molecule has 3 unspecified atom stereocenters. The quantitative estimate of drug-likeness (QED) is 0.908. The molecule has 1 nitrogen and oxygen atoms in total. The van der Waals surface area contributed by atoms with Gasteiger partial charge in [0.1, 0.15) is 0 Å². The molecule has 5 heteroatoms. The van der Waals surface area contributed by atoms with Gasteiger partial charge in [0.15, 0.2) is 0 Å². The number of halogens is 1. The van der Waals surface area contributed by atoms with E-state index in [1.54, 1.807) is 11.3 Å². The first-order chi connectivity index (χ1) is 7.66. The summed E-state index contributed by atoms with van der Waals surface area (Å²) in [5.74, 6) is 2.39. The summed E-state index contributed by atoms with van der Waals surface area (Å²) in [5, 5.41) is 11.2. The highest BCUT2D eigenvalue weighted by Crippen LogP contribution is 2.34. The molecule has 0 aliphatic carbocycles. The molecule has 0 saturated carbocycles. The van der Waals surface area contributed by atoms with E-state index in [1.807, 2.05) is 23.5 Å². The largest absolute Gasteiger partial charge is 0.392 e. The van der Waals surface area contributed by atoms with Gasteiger partial charge in [0.2, 0.25) is 0 Å². The van der Waals surface area contributed by atoms with Gasteiger partial charge in [-0.05, 0) is 28.1 Å². The zero-order chi connectivity index (χ0) is 11.5. The molecule has 1 aliphatic heterocycles. The average molecular weight is 339 g/mol. The van der Waals surface area contributed by atoms with Gasteiger partial charge in [-0.25, -0.2) is 0 Å². The molecule has 1 saturated heterocycles. The Labute approximate surface area is 118 Å². The summed E-state index contributed by atoms with van der Waals surface area (Å²) in [5.41, 5.74) is 0. The van der Waals surface area contributed by atoms with Gasteiger partial charge in [-0.2, -0.15) is 23.5 Å². The third-order valence-corrected chi connectivity index (χ3v) is 7.54.